The first kappa shape index (κ1) is 15.2. The van der Waals surface area contributed by atoms with Crippen LogP contribution in [0.3, 0.4) is 0 Å². The van der Waals surface area contributed by atoms with Crippen molar-refractivity contribution in [3.05, 3.63) is 33.4 Å². The lowest BCUT2D eigenvalue weighted by Gasteiger charge is -1.93. The summed E-state index contributed by atoms with van der Waals surface area (Å²) in [6.07, 6.45) is 3.04. The number of aryl methyl sites for hydroxylation is 2. The average molecular weight is 330 g/mol. The highest BCUT2D eigenvalue weighted by atomic mass is 16.1. The van der Waals surface area contributed by atoms with Gasteiger partial charge in [-0.2, -0.15) is 9.97 Å². The van der Waals surface area contributed by atoms with Gasteiger partial charge < -0.3 is 20.6 Å². The van der Waals surface area contributed by atoms with E-state index in [2.05, 4.69) is 29.9 Å². The fraction of sp³-hybridized carbons (Fsp3) is 0.167. The molecule has 0 aromatic carbocycles. The SMILES string of the molecule is Cn1cnc2nc(N)[nH]c(=O)c21.Cn1cnc2nc(N)[nH]c(=O)c21. The monoisotopic (exact) mass is 330 g/mol. The number of hydrogen-bond donors (Lipinski definition) is 4. The molecule has 0 fully saturated rings. The molecule has 0 aliphatic rings. The van der Waals surface area contributed by atoms with Crippen molar-refractivity contribution >= 4 is 34.2 Å². The van der Waals surface area contributed by atoms with Gasteiger partial charge in [0.15, 0.2) is 22.3 Å². The Hall–Kier alpha value is -3.70. The van der Waals surface area contributed by atoms with Gasteiger partial charge in [0.1, 0.15) is 0 Å². The summed E-state index contributed by atoms with van der Waals surface area (Å²) in [5.41, 5.74) is 11.7. The Labute approximate surface area is 133 Å². The number of hydrogen-bond acceptors (Lipinski definition) is 8. The number of nitrogens with zero attached hydrogens (tertiary/aromatic N) is 6. The van der Waals surface area contributed by atoms with Gasteiger partial charge in [-0.15, -0.1) is 0 Å². The van der Waals surface area contributed by atoms with Crippen LogP contribution in [0.4, 0.5) is 11.9 Å². The quantitative estimate of drug-likeness (QED) is 0.300. The first-order valence-corrected chi connectivity index (χ1v) is 6.70. The summed E-state index contributed by atoms with van der Waals surface area (Å²) >= 11 is 0. The summed E-state index contributed by atoms with van der Waals surface area (Å²) in [6.45, 7) is 0. The lowest BCUT2D eigenvalue weighted by atomic mass is 10.5. The zero-order valence-corrected chi connectivity index (χ0v) is 12.8. The first-order valence-electron chi connectivity index (χ1n) is 6.70. The van der Waals surface area contributed by atoms with E-state index in [-0.39, 0.29) is 23.0 Å². The van der Waals surface area contributed by atoms with E-state index < -0.39 is 0 Å². The number of imidazole rings is 2. The summed E-state index contributed by atoms with van der Waals surface area (Å²) < 4.78 is 3.20. The molecule has 24 heavy (non-hydrogen) atoms. The van der Waals surface area contributed by atoms with Gasteiger partial charge in [0.25, 0.3) is 11.1 Å². The molecule has 4 rings (SSSR count). The molecule has 0 bridgehead atoms. The van der Waals surface area contributed by atoms with E-state index in [0.717, 1.165) is 0 Å². The Morgan fingerprint density at radius 2 is 1.21 bits per heavy atom. The Morgan fingerprint density at radius 3 is 1.58 bits per heavy atom. The predicted molar refractivity (Wildman–Crippen MR) is 87.1 cm³/mol. The van der Waals surface area contributed by atoms with Crippen molar-refractivity contribution in [2.75, 3.05) is 11.5 Å². The smallest absolute Gasteiger partial charge is 0.278 e. The van der Waals surface area contributed by atoms with Crippen molar-refractivity contribution in [2.24, 2.45) is 14.1 Å². The Bertz CT molecular complexity index is 1060. The molecular weight excluding hydrogens is 316 g/mol. The van der Waals surface area contributed by atoms with Crippen LogP contribution in [-0.2, 0) is 14.1 Å². The summed E-state index contributed by atoms with van der Waals surface area (Å²) in [5, 5.41) is 0. The van der Waals surface area contributed by atoms with Gasteiger partial charge in [0.2, 0.25) is 11.9 Å². The number of fused-ring (bicyclic) bond motifs is 2. The van der Waals surface area contributed by atoms with Crippen molar-refractivity contribution in [3.63, 3.8) is 0 Å². The molecule has 12 nitrogen and oxygen atoms in total. The van der Waals surface area contributed by atoms with Crippen LogP contribution in [0.15, 0.2) is 22.2 Å². The van der Waals surface area contributed by atoms with Gasteiger partial charge in [-0.3, -0.25) is 19.6 Å². The molecule has 0 saturated carbocycles. The molecule has 0 radical (unpaired) electrons. The molecule has 124 valence electrons. The maximum Gasteiger partial charge on any atom is 0.278 e. The third-order valence-corrected chi connectivity index (χ3v) is 3.20. The molecule has 0 spiro atoms. The fourth-order valence-corrected chi connectivity index (χ4v) is 2.16. The van der Waals surface area contributed by atoms with Gasteiger partial charge in [0, 0.05) is 14.1 Å². The minimum absolute atomic E-state index is 0.0891. The van der Waals surface area contributed by atoms with Crippen molar-refractivity contribution in [1.29, 1.82) is 0 Å². The Morgan fingerprint density at radius 1 is 0.833 bits per heavy atom. The summed E-state index contributed by atoms with van der Waals surface area (Å²) in [6, 6.07) is 0. The number of H-pyrrole nitrogens is 2. The number of rotatable bonds is 0. The van der Waals surface area contributed by atoms with Crippen LogP contribution in [0.25, 0.3) is 22.3 Å². The van der Waals surface area contributed by atoms with Gasteiger partial charge in [0.05, 0.1) is 12.7 Å². The fourth-order valence-electron chi connectivity index (χ4n) is 2.16. The van der Waals surface area contributed by atoms with E-state index in [9.17, 15) is 9.59 Å². The van der Waals surface area contributed by atoms with Crippen molar-refractivity contribution in [1.82, 2.24) is 39.0 Å². The number of aromatic amines is 2. The van der Waals surface area contributed by atoms with Gasteiger partial charge in [-0.25, -0.2) is 9.97 Å². The summed E-state index contributed by atoms with van der Waals surface area (Å²) in [4.78, 5) is 42.7. The lowest BCUT2D eigenvalue weighted by Crippen LogP contribution is -2.13. The van der Waals surface area contributed by atoms with Crippen LogP contribution in [0.2, 0.25) is 0 Å². The second kappa shape index (κ2) is 5.49. The maximum absolute atomic E-state index is 11.2. The zero-order chi connectivity index (χ0) is 17.4. The summed E-state index contributed by atoms with van der Waals surface area (Å²) in [7, 11) is 3.45. The normalized spacial score (nSPS) is 10.8. The highest BCUT2D eigenvalue weighted by molar-refractivity contribution is 5.70. The molecule has 0 saturated heterocycles. The highest BCUT2D eigenvalue weighted by Gasteiger charge is 2.06. The molecule has 0 amide bonds. The second-order valence-electron chi connectivity index (χ2n) is 4.96. The van der Waals surface area contributed by atoms with E-state index in [0.29, 0.717) is 22.3 Å². The largest absolute Gasteiger partial charge is 0.369 e. The van der Waals surface area contributed by atoms with E-state index in [1.54, 1.807) is 23.2 Å². The Balaban J connectivity index is 0.000000141. The molecule has 0 aliphatic carbocycles. The minimum atomic E-state index is -0.266. The molecule has 6 N–H and O–H groups in total. The number of nitrogen functional groups attached to an aromatic ring is 2. The van der Waals surface area contributed by atoms with E-state index in [1.165, 1.54) is 12.7 Å². The molecule has 4 aromatic rings. The van der Waals surface area contributed by atoms with Gasteiger partial charge in [-0.05, 0) is 0 Å². The number of nitrogens with two attached hydrogens (primary N) is 2. The van der Waals surface area contributed by atoms with E-state index in [1.807, 2.05) is 0 Å². The molecule has 12 heteroatoms. The van der Waals surface area contributed by atoms with Crippen LogP contribution in [-0.4, -0.2) is 39.0 Å². The summed E-state index contributed by atoms with van der Waals surface area (Å²) in [5.74, 6) is 0.178. The van der Waals surface area contributed by atoms with E-state index in [4.69, 9.17) is 11.5 Å². The van der Waals surface area contributed by atoms with Gasteiger partial charge >= 0.3 is 0 Å². The van der Waals surface area contributed by atoms with Gasteiger partial charge in [-0.1, -0.05) is 0 Å². The molecule has 0 atom stereocenters. The maximum atomic E-state index is 11.2. The third kappa shape index (κ3) is 2.55. The lowest BCUT2D eigenvalue weighted by molar-refractivity contribution is 0.938. The van der Waals surface area contributed by atoms with E-state index >= 15 is 0 Å². The highest BCUT2D eigenvalue weighted by Crippen LogP contribution is 2.03. The molecule has 4 aromatic heterocycles. The molecule has 0 aliphatic heterocycles. The zero-order valence-electron chi connectivity index (χ0n) is 12.8. The topological polar surface area (TPSA) is 179 Å². The average Bonchev–Trinajstić information content (AvgIpc) is 3.03. The Kier molecular flexibility index (Phi) is 3.48. The van der Waals surface area contributed by atoms with Crippen LogP contribution in [0.1, 0.15) is 0 Å². The van der Waals surface area contributed by atoms with Crippen LogP contribution in [0, 0.1) is 0 Å². The first-order chi connectivity index (χ1) is 11.4. The predicted octanol–water partition coefficient (Wildman–Crippen LogP) is -1.52. The number of nitrogens with one attached hydrogen (secondary N) is 2. The van der Waals surface area contributed by atoms with Crippen LogP contribution < -0.4 is 22.6 Å². The van der Waals surface area contributed by atoms with Crippen molar-refractivity contribution in [2.45, 2.75) is 0 Å². The van der Waals surface area contributed by atoms with Crippen LogP contribution in [0.5, 0.6) is 0 Å². The standard InChI is InChI=1S/2C6H7N5O/c2*1-11-2-8-4-3(11)5(12)10-6(7)9-4/h2*2H,1H3,(H3,7,9,10,12). The third-order valence-electron chi connectivity index (χ3n) is 3.20. The molecule has 0 unspecified atom stereocenters. The minimum Gasteiger partial charge on any atom is -0.369 e. The molecular formula is C12H14N10O2. The number of anilines is 2. The van der Waals surface area contributed by atoms with Crippen molar-refractivity contribution < 1.29 is 0 Å². The van der Waals surface area contributed by atoms with Crippen molar-refractivity contribution in [3.8, 4) is 0 Å². The van der Waals surface area contributed by atoms with Crippen LogP contribution >= 0.6 is 0 Å². The number of aromatic nitrogens is 8. The second-order valence-corrected chi connectivity index (χ2v) is 4.96. The molecule has 4 heterocycles.